The van der Waals surface area contributed by atoms with Crippen molar-refractivity contribution in [1.82, 2.24) is 5.32 Å². The number of hydrogen-bond donors (Lipinski definition) is 1. The van der Waals surface area contributed by atoms with Crippen LogP contribution < -0.4 is 10.1 Å². The lowest BCUT2D eigenvalue weighted by molar-refractivity contribution is 0.333. The predicted octanol–water partition coefficient (Wildman–Crippen LogP) is 2.80. The molecule has 0 bridgehead atoms. The highest BCUT2D eigenvalue weighted by atomic mass is 16.5. The number of piperidine rings is 1. The van der Waals surface area contributed by atoms with Crippen molar-refractivity contribution in [3.05, 3.63) is 29.8 Å². The molecule has 1 aromatic carbocycles. The summed E-state index contributed by atoms with van der Waals surface area (Å²) in [5.74, 6) is 2.40. The van der Waals surface area contributed by atoms with Crippen LogP contribution in [-0.4, -0.2) is 19.7 Å². The average Bonchev–Trinajstić information content (AvgIpc) is 2.30. The third-order valence-electron chi connectivity index (χ3n) is 3.38. The van der Waals surface area contributed by atoms with Crippen LogP contribution in [-0.2, 0) is 0 Å². The summed E-state index contributed by atoms with van der Waals surface area (Å²) in [7, 11) is 0. The molecule has 2 heteroatoms. The first-order valence-corrected chi connectivity index (χ1v) is 6.24. The van der Waals surface area contributed by atoms with Crippen molar-refractivity contribution in [2.24, 2.45) is 5.92 Å². The van der Waals surface area contributed by atoms with Crippen molar-refractivity contribution >= 4 is 0 Å². The summed E-state index contributed by atoms with van der Waals surface area (Å²) >= 11 is 0. The van der Waals surface area contributed by atoms with Crippen molar-refractivity contribution in [1.29, 1.82) is 0 Å². The standard InChI is InChI=1S/C14H21NO/c1-3-16-13-6-4-5-12(9-13)14-7-8-15-10-11(14)2/h4-6,9,11,14-15H,3,7-8,10H2,1-2H3. The quantitative estimate of drug-likeness (QED) is 0.844. The van der Waals surface area contributed by atoms with Crippen molar-refractivity contribution in [3.8, 4) is 5.75 Å². The Kier molecular flexibility index (Phi) is 3.83. The lowest BCUT2D eigenvalue weighted by Crippen LogP contribution is -2.33. The van der Waals surface area contributed by atoms with Crippen molar-refractivity contribution < 1.29 is 4.74 Å². The molecule has 0 spiro atoms. The van der Waals surface area contributed by atoms with Crippen LogP contribution in [0.4, 0.5) is 0 Å². The van der Waals surface area contributed by atoms with E-state index in [1.165, 1.54) is 12.0 Å². The highest BCUT2D eigenvalue weighted by Crippen LogP contribution is 2.31. The molecule has 16 heavy (non-hydrogen) atoms. The van der Waals surface area contributed by atoms with E-state index in [1.807, 2.05) is 13.0 Å². The normalized spacial score (nSPS) is 25.4. The first-order valence-electron chi connectivity index (χ1n) is 6.24. The second-order valence-electron chi connectivity index (χ2n) is 4.58. The molecule has 1 fully saturated rings. The Labute approximate surface area is 98.0 Å². The molecule has 0 aromatic heterocycles. The Bertz CT molecular complexity index is 337. The molecule has 0 amide bonds. The highest BCUT2D eigenvalue weighted by molar-refractivity contribution is 5.31. The zero-order chi connectivity index (χ0) is 11.4. The summed E-state index contributed by atoms with van der Waals surface area (Å²) in [5, 5.41) is 3.44. The maximum atomic E-state index is 5.56. The van der Waals surface area contributed by atoms with E-state index in [1.54, 1.807) is 0 Å². The van der Waals surface area contributed by atoms with Gasteiger partial charge in [0.25, 0.3) is 0 Å². The monoisotopic (exact) mass is 219 g/mol. The van der Waals surface area contributed by atoms with E-state index < -0.39 is 0 Å². The maximum absolute atomic E-state index is 5.56. The highest BCUT2D eigenvalue weighted by Gasteiger charge is 2.22. The summed E-state index contributed by atoms with van der Waals surface area (Å²) in [5.41, 5.74) is 1.43. The molecular weight excluding hydrogens is 198 g/mol. The van der Waals surface area contributed by atoms with Gasteiger partial charge in [-0.05, 0) is 56.0 Å². The number of nitrogens with one attached hydrogen (secondary N) is 1. The summed E-state index contributed by atoms with van der Waals surface area (Å²) in [4.78, 5) is 0. The van der Waals surface area contributed by atoms with Crippen LogP contribution in [0.1, 0.15) is 31.7 Å². The van der Waals surface area contributed by atoms with Gasteiger partial charge < -0.3 is 10.1 Å². The van der Waals surface area contributed by atoms with Crippen molar-refractivity contribution in [2.75, 3.05) is 19.7 Å². The van der Waals surface area contributed by atoms with Gasteiger partial charge in [0.15, 0.2) is 0 Å². The molecule has 1 heterocycles. The van der Waals surface area contributed by atoms with Gasteiger partial charge in [-0.25, -0.2) is 0 Å². The number of hydrogen-bond acceptors (Lipinski definition) is 2. The fourth-order valence-corrected chi connectivity index (χ4v) is 2.51. The summed E-state index contributed by atoms with van der Waals surface area (Å²) in [6, 6.07) is 8.58. The molecule has 1 saturated heterocycles. The van der Waals surface area contributed by atoms with Crippen LogP contribution >= 0.6 is 0 Å². The number of ether oxygens (including phenoxy) is 1. The zero-order valence-electron chi connectivity index (χ0n) is 10.2. The summed E-state index contributed by atoms with van der Waals surface area (Å²) in [6.07, 6.45) is 1.23. The Morgan fingerprint density at radius 1 is 1.44 bits per heavy atom. The van der Waals surface area contributed by atoms with Gasteiger partial charge >= 0.3 is 0 Å². The molecular formula is C14H21NO. The summed E-state index contributed by atoms with van der Waals surface area (Å²) in [6.45, 7) is 7.35. The van der Waals surface area contributed by atoms with Crippen LogP contribution in [0.15, 0.2) is 24.3 Å². The van der Waals surface area contributed by atoms with Gasteiger partial charge in [0, 0.05) is 0 Å². The molecule has 1 N–H and O–H groups in total. The first kappa shape index (κ1) is 11.5. The van der Waals surface area contributed by atoms with Gasteiger partial charge in [-0.15, -0.1) is 0 Å². The SMILES string of the molecule is CCOc1cccc(C2CCNCC2C)c1. The largest absolute Gasteiger partial charge is 0.494 e. The zero-order valence-corrected chi connectivity index (χ0v) is 10.2. The number of benzene rings is 1. The second kappa shape index (κ2) is 5.35. The van der Waals surface area contributed by atoms with Gasteiger partial charge in [0.2, 0.25) is 0 Å². The van der Waals surface area contributed by atoms with Gasteiger partial charge in [-0.1, -0.05) is 19.1 Å². The van der Waals surface area contributed by atoms with Gasteiger partial charge in [0.1, 0.15) is 5.75 Å². The van der Waals surface area contributed by atoms with Crippen LogP contribution in [0, 0.1) is 5.92 Å². The third kappa shape index (κ3) is 2.56. The molecule has 2 atom stereocenters. The topological polar surface area (TPSA) is 21.3 Å². The van der Waals surface area contributed by atoms with Gasteiger partial charge in [-0.2, -0.15) is 0 Å². The van der Waals surface area contributed by atoms with E-state index in [4.69, 9.17) is 4.74 Å². The second-order valence-corrected chi connectivity index (χ2v) is 4.58. The van der Waals surface area contributed by atoms with Crippen LogP contribution in [0.2, 0.25) is 0 Å². The lowest BCUT2D eigenvalue weighted by Gasteiger charge is -2.30. The van der Waals surface area contributed by atoms with E-state index in [0.29, 0.717) is 11.8 Å². The first-order chi connectivity index (χ1) is 7.81. The summed E-state index contributed by atoms with van der Waals surface area (Å²) < 4.78 is 5.56. The van der Waals surface area contributed by atoms with E-state index in [9.17, 15) is 0 Å². The Balaban J connectivity index is 2.15. The van der Waals surface area contributed by atoms with Crippen LogP contribution in [0.3, 0.4) is 0 Å². The molecule has 0 saturated carbocycles. The van der Waals surface area contributed by atoms with Gasteiger partial charge in [-0.3, -0.25) is 0 Å². The third-order valence-corrected chi connectivity index (χ3v) is 3.38. The molecule has 1 aliphatic rings. The molecule has 1 aliphatic heterocycles. The minimum absolute atomic E-state index is 0.682. The van der Waals surface area contributed by atoms with E-state index in [-0.39, 0.29) is 0 Å². The minimum Gasteiger partial charge on any atom is -0.494 e. The lowest BCUT2D eigenvalue weighted by atomic mass is 9.82. The predicted molar refractivity (Wildman–Crippen MR) is 67.0 cm³/mol. The fraction of sp³-hybridized carbons (Fsp3) is 0.571. The average molecular weight is 219 g/mol. The Morgan fingerprint density at radius 3 is 3.06 bits per heavy atom. The fourth-order valence-electron chi connectivity index (χ4n) is 2.51. The van der Waals surface area contributed by atoms with Crippen LogP contribution in [0.5, 0.6) is 5.75 Å². The van der Waals surface area contributed by atoms with Gasteiger partial charge in [0.05, 0.1) is 6.61 Å². The molecule has 1 aromatic rings. The Morgan fingerprint density at radius 2 is 2.31 bits per heavy atom. The Hall–Kier alpha value is -1.02. The van der Waals surface area contributed by atoms with E-state index in [2.05, 4.69) is 30.4 Å². The van der Waals surface area contributed by atoms with E-state index >= 15 is 0 Å². The smallest absolute Gasteiger partial charge is 0.119 e. The molecule has 2 nitrogen and oxygen atoms in total. The van der Waals surface area contributed by atoms with Crippen LogP contribution in [0.25, 0.3) is 0 Å². The van der Waals surface area contributed by atoms with Crippen molar-refractivity contribution in [3.63, 3.8) is 0 Å². The molecule has 2 unspecified atom stereocenters. The van der Waals surface area contributed by atoms with E-state index in [0.717, 1.165) is 25.4 Å². The maximum Gasteiger partial charge on any atom is 0.119 e. The number of rotatable bonds is 3. The van der Waals surface area contributed by atoms with Crippen molar-refractivity contribution in [2.45, 2.75) is 26.2 Å². The molecule has 2 rings (SSSR count). The molecule has 0 aliphatic carbocycles. The minimum atomic E-state index is 0.682. The molecule has 0 radical (unpaired) electrons. The molecule has 88 valence electrons.